The third kappa shape index (κ3) is 66.4. The smallest absolute Gasteiger partial charge is 0.306 e. The van der Waals surface area contributed by atoms with E-state index in [0.717, 1.165) is 70.6 Å². The van der Waals surface area contributed by atoms with Crippen LogP contribution in [-0.4, -0.2) is 37.2 Å². The van der Waals surface area contributed by atoms with Crippen LogP contribution in [0.25, 0.3) is 0 Å². The molecule has 0 N–H and O–H groups in total. The minimum absolute atomic E-state index is 0.0650. The van der Waals surface area contributed by atoms with Crippen molar-refractivity contribution in [3.63, 3.8) is 0 Å². The molecule has 0 heterocycles. The highest BCUT2D eigenvalue weighted by atomic mass is 16.6. The average molecular weight is 1120 g/mol. The Morgan fingerprint density at radius 3 is 0.700 bits per heavy atom. The van der Waals surface area contributed by atoms with Gasteiger partial charge in [-0.05, 0) is 57.8 Å². The fourth-order valence-corrected chi connectivity index (χ4v) is 11.0. The van der Waals surface area contributed by atoms with Gasteiger partial charge in [0.25, 0.3) is 0 Å². The maximum absolute atomic E-state index is 12.9. The van der Waals surface area contributed by atoms with Crippen molar-refractivity contribution < 1.29 is 28.6 Å². The molecule has 0 aliphatic rings. The Labute approximate surface area is 499 Å². The molecule has 470 valence electrons. The van der Waals surface area contributed by atoms with Gasteiger partial charge in [0, 0.05) is 19.3 Å². The molecule has 0 spiro atoms. The molecular formula is C74H138O6. The highest BCUT2D eigenvalue weighted by Crippen LogP contribution is 2.19. The Balaban J connectivity index is 4.10. The summed E-state index contributed by atoms with van der Waals surface area (Å²) >= 11 is 0. The lowest BCUT2D eigenvalue weighted by molar-refractivity contribution is -0.167. The first-order chi connectivity index (χ1) is 39.5. The van der Waals surface area contributed by atoms with Crippen molar-refractivity contribution in [3.05, 3.63) is 36.5 Å². The SMILES string of the molecule is CCCCCCC/C=C\C/C=C\C/C=C\CCCCCCCCCCCCCCCCCCC(=O)OCC(COC(=O)CCCCCCCCCCCC)OC(=O)CCCCCCCCCCCCCCCCCCCCCCC. The van der Waals surface area contributed by atoms with E-state index in [2.05, 4.69) is 57.2 Å². The first-order valence-corrected chi connectivity index (χ1v) is 36.0. The van der Waals surface area contributed by atoms with E-state index in [0.29, 0.717) is 19.3 Å². The molecule has 0 aliphatic heterocycles. The van der Waals surface area contributed by atoms with Crippen LogP contribution in [0.4, 0.5) is 0 Å². The standard InChI is InChI=1S/C74H138O6/c1-4-7-10-13-16-19-22-24-26-28-30-32-33-34-35-36-37-38-39-40-41-43-44-46-48-50-52-55-58-61-64-67-73(76)79-70-71(69-78-72(75)66-63-60-57-54-21-18-15-12-9-6-3)80-74(77)68-65-62-59-56-53-51-49-47-45-42-31-29-27-25-23-20-17-14-11-8-5-2/h22,24,28,30,33-34,71H,4-21,23,25-27,29,31-32,35-70H2,1-3H3/b24-22-,30-28-,34-33-. The number of carbonyl (C=O) groups excluding carboxylic acids is 3. The number of hydrogen-bond acceptors (Lipinski definition) is 6. The van der Waals surface area contributed by atoms with Crippen LogP contribution in [0.5, 0.6) is 0 Å². The van der Waals surface area contributed by atoms with Gasteiger partial charge in [-0.25, -0.2) is 0 Å². The highest BCUT2D eigenvalue weighted by molar-refractivity contribution is 5.71. The van der Waals surface area contributed by atoms with Crippen molar-refractivity contribution >= 4 is 17.9 Å². The number of unbranched alkanes of at least 4 members (excludes halogenated alkanes) is 50. The lowest BCUT2D eigenvalue weighted by Crippen LogP contribution is -2.30. The molecule has 6 nitrogen and oxygen atoms in total. The Morgan fingerprint density at radius 2 is 0.450 bits per heavy atom. The van der Waals surface area contributed by atoms with Gasteiger partial charge in [0.1, 0.15) is 13.2 Å². The first-order valence-electron chi connectivity index (χ1n) is 36.0. The summed E-state index contributed by atoms with van der Waals surface area (Å²) in [7, 11) is 0. The van der Waals surface area contributed by atoms with E-state index in [1.54, 1.807) is 0 Å². The molecule has 0 amide bonds. The van der Waals surface area contributed by atoms with Crippen molar-refractivity contribution in [2.24, 2.45) is 0 Å². The second-order valence-corrected chi connectivity index (χ2v) is 24.5. The molecule has 0 aromatic rings. The molecule has 0 radical (unpaired) electrons. The van der Waals surface area contributed by atoms with E-state index in [-0.39, 0.29) is 31.1 Å². The molecule has 80 heavy (non-hydrogen) atoms. The number of rotatable bonds is 67. The predicted octanol–water partition coefficient (Wildman–Crippen LogP) is 24.7. The molecule has 1 atom stereocenters. The summed E-state index contributed by atoms with van der Waals surface area (Å²) in [5.41, 5.74) is 0. The van der Waals surface area contributed by atoms with E-state index < -0.39 is 6.10 Å². The number of hydrogen-bond donors (Lipinski definition) is 0. The van der Waals surface area contributed by atoms with Crippen LogP contribution in [0.2, 0.25) is 0 Å². The summed E-state index contributed by atoms with van der Waals surface area (Å²) in [5, 5.41) is 0. The maximum atomic E-state index is 12.9. The lowest BCUT2D eigenvalue weighted by atomic mass is 10.0. The van der Waals surface area contributed by atoms with Crippen molar-refractivity contribution in [2.75, 3.05) is 13.2 Å². The number of esters is 3. The van der Waals surface area contributed by atoms with Crippen molar-refractivity contribution in [2.45, 2.75) is 406 Å². The van der Waals surface area contributed by atoms with E-state index >= 15 is 0 Å². The summed E-state index contributed by atoms with van der Waals surface area (Å²) in [6, 6.07) is 0. The Bertz CT molecular complexity index is 1340. The largest absolute Gasteiger partial charge is 0.462 e. The van der Waals surface area contributed by atoms with Gasteiger partial charge in [0.15, 0.2) is 6.10 Å². The molecule has 0 saturated heterocycles. The molecule has 0 saturated carbocycles. The quantitative estimate of drug-likeness (QED) is 0.0261. The summed E-state index contributed by atoms with van der Waals surface area (Å²) in [6.45, 7) is 6.69. The Kier molecular flexibility index (Phi) is 67.1. The molecule has 0 rings (SSSR count). The van der Waals surface area contributed by atoms with Gasteiger partial charge in [-0.2, -0.15) is 0 Å². The van der Waals surface area contributed by atoms with Crippen molar-refractivity contribution in [1.29, 1.82) is 0 Å². The van der Waals surface area contributed by atoms with E-state index in [9.17, 15) is 14.4 Å². The minimum Gasteiger partial charge on any atom is -0.462 e. The molecule has 0 aliphatic carbocycles. The van der Waals surface area contributed by atoms with Gasteiger partial charge in [0.05, 0.1) is 0 Å². The first kappa shape index (κ1) is 77.6. The zero-order chi connectivity index (χ0) is 57.8. The van der Waals surface area contributed by atoms with E-state index in [1.165, 1.54) is 289 Å². The van der Waals surface area contributed by atoms with Crippen LogP contribution >= 0.6 is 0 Å². The van der Waals surface area contributed by atoms with Crippen molar-refractivity contribution in [1.82, 2.24) is 0 Å². The third-order valence-electron chi connectivity index (χ3n) is 16.4. The van der Waals surface area contributed by atoms with E-state index in [4.69, 9.17) is 14.2 Å². The van der Waals surface area contributed by atoms with Gasteiger partial charge in [-0.15, -0.1) is 0 Å². The van der Waals surface area contributed by atoms with Crippen LogP contribution in [-0.2, 0) is 28.6 Å². The molecular weight excluding hydrogens is 985 g/mol. The van der Waals surface area contributed by atoms with Gasteiger partial charge < -0.3 is 14.2 Å². The summed E-state index contributed by atoms with van der Waals surface area (Å²) in [5.74, 6) is -0.836. The topological polar surface area (TPSA) is 78.9 Å². The van der Waals surface area contributed by atoms with Crippen LogP contribution < -0.4 is 0 Å². The van der Waals surface area contributed by atoms with Crippen molar-refractivity contribution in [3.8, 4) is 0 Å². The molecule has 6 heteroatoms. The molecule has 0 fully saturated rings. The Hall–Kier alpha value is -2.37. The Morgan fingerprint density at radius 1 is 0.250 bits per heavy atom. The maximum Gasteiger partial charge on any atom is 0.306 e. The monoisotopic (exact) mass is 1120 g/mol. The summed E-state index contributed by atoms with van der Waals surface area (Å²) < 4.78 is 17.0. The zero-order valence-electron chi connectivity index (χ0n) is 54.1. The van der Waals surface area contributed by atoms with Gasteiger partial charge in [-0.1, -0.05) is 359 Å². The highest BCUT2D eigenvalue weighted by Gasteiger charge is 2.19. The van der Waals surface area contributed by atoms with Crippen LogP contribution in [0.15, 0.2) is 36.5 Å². The predicted molar refractivity (Wildman–Crippen MR) is 349 cm³/mol. The number of carbonyl (C=O) groups is 3. The van der Waals surface area contributed by atoms with Gasteiger partial charge in [-0.3, -0.25) is 14.4 Å². The number of allylic oxidation sites excluding steroid dienone is 6. The van der Waals surface area contributed by atoms with Crippen LogP contribution in [0.3, 0.4) is 0 Å². The lowest BCUT2D eigenvalue weighted by Gasteiger charge is -2.18. The molecule has 0 aromatic heterocycles. The normalized spacial score (nSPS) is 12.2. The average Bonchev–Trinajstić information content (AvgIpc) is 3.46. The van der Waals surface area contributed by atoms with E-state index in [1.807, 2.05) is 0 Å². The fourth-order valence-electron chi connectivity index (χ4n) is 11.0. The molecule has 1 unspecified atom stereocenters. The minimum atomic E-state index is -0.767. The van der Waals surface area contributed by atoms with Gasteiger partial charge in [0.2, 0.25) is 0 Å². The van der Waals surface area contributed by atoms with Gasteiger partial charge >= 0.3 is 17.9 Å². The molecule has 0 aromatic carbocycles. The summed E-state index contributed by atoms with van der Waals surface area (Å²) in [6.07, 6.45) is 86.2. The second kappa shape index (κ2) is 69.1. The third-order valence-corrected chi connectivity index (χ3v) is 16.4. The molecule has 0 bridgehead atoms. The number of ether oxygens (including phenoxy) is 3. The summed E-state index contributed by atoms with van der Waals surface area (Å²) in [4.78, 5) is 38.3. The van der Waals surface area contributed by atoms with Crippen LogP contribution in [0.1, 0.15) is 400 Å². The zero-order valence-corrected chi connectivity index (χ0v) is 54.1. The second-order valence-electron chi connectivity index (χ2n) is 24.5. The van der Waals surface area contributed by atoms with Crippen LogP contribution in [0, 0.1) is 0 Å². The fraction of sp³-hybridized carbons (Fsp3) is 0.878.